The summed E-state index contributed by atoms with van der Waals surface area (Å²) in [6, 6.07) is 12.1. The summed E-state index contributed by atoms with van der Waals surface area (Å²) >= 11 is 5.53. The maximum atomic E-state index is 14.3. The molecule has 3 aromatic carbocycles. The summed E-state index contributed by atoms with van der Waals surface area (Å²) in [5, 5.41) is 0. The van der Waals surface area contributed by atoms with E-state index in [-0.39, 0.29) is 68.2 Å². The molecule has 0 amide bonds. The van der Waals surface area contributed by atoms with Crippen LogP contribution in [0, 0.1) is 17.5 Å². The van der Waals surface area contributed by atoms with E-state index in [1.165, 1.54) is 82.3 Å². The van der Waals surface area contributed by atoms with Crippen molar-refractivity contribution in [2.45, 2.75) is 127 Å². The van der Waals surface area contributed by atoms with Crippen molar-refractivity contribution >= 4 is 101 Å². The summed E-state index contributed by atoms with van der Waals surface area (Å²) in [6.07, 6.45) is 4.52. The van der Waals surface area contributed by atoms with Crippen molar-refractivity contribution in [1.29, 1.82) is 0 Å². The minimum Gasteiger partial charge on any atom is -0.465 e. The minimum absolute atomic E-state index is 0.125. The molecule has 0 spiro atoms. The number of nitrogens with zero attached hydrogens (tertiary/aromatic N) is 6. The molecule has 8 heterocycles. The Balaban J connectivity index is 0.000000169. The summed E-state index contributed by atoms with van der Waals surface area (Å²) in [5.74, 6) is -3.67. The molecule has 0 aliphatic carbocycles. The standard InChI is InChI=1S/C18H21BFN3O4.C15H14FN3O3.C12H24B2O4.C12H9BrFN3O2.C3H5IO/c1-17(2)18(3,4)27-19(26-17)13-9-22-15(21)14(23-13)10-6-7-11(12(20)8-10)16(24)25-5;1-21-15(20)10-3-2-8(4-11(10)16)13-14(17)18-5-12(19-13)9-6-22-7-9;1-9(2)10(3,4)16-13(15-9)14-17-11(5,6)12(7,8)18-14;1-19-12(18)7-3-2-6(4-8(7)14)10-11(15)16-5-9(13)17-10;4-3-1-5-2-3/h6-9H,1-5H3,(H2,21,22);2-5,9H,6-7H2,1H3,(H2,17,18);1-8H3;2-5H,1H3,(H2,15,16);3H,1-2H2. The van der Waals surface area contributed by atoms with E-state index in [0.29, 0.717) is 51.5 Å². The van der Waals surface area contributed by atoms with Crippen LogP contribution in [0.5, 0.6) is 0 Å². The molecule has 0 radical (unpaired) electrons. The molecule has 5 aliphatic heterocycles. The lowest BCUT2D eigenvalue weighted by Crippen LogP contribution is -2.41. The summed E-state index contributed by atoms with van der Waals surface area (Å²) in [7, 11) is 1.90. The predicted octanol–water partition coefficient (Wildman–Crippen LogP) is 9.20. The van der Waals surface area contributed by atoms with E-state index in [0.717, 1.165) is 22.8 Å². The Kier molecular flexibility index (Phi) is 22.8. The van der Waals surface area contributed by atoms with Crippen LogP contribution < -0.4 is 22.8 Å². The summed E-state index contributed by atoms with van der Waals surface area (Å²) < 4.78 is 103. The zero-order valence-corrected chi connectivity index (χ0v) is 56.9. The van der Waals surface area contributed by atoms with Crippen molar-refractivity contribution in [3.63, 3.8) is 0 Å². The number of carbonyl (C=O) groups is 3. The van der Waals surface area contributed by atoms with Gasteiger partial charge in [-0.3, -0.25) is 4.98 Å². The fourth-order valence-electron chi connectivity index (χ4n) is 8.54. The Morgan fingerprint density at radius 1 is 0.505 bits per heavy atom. The van der Waals surface area contributed by atoms with Crippen LogP contribution in [-0.4, -0.2) is 154 Å². The van der Waals surface area contributed by atoms with E-state index >= 15 is 0 Å². The third kappa shape index (κ3) is 16.7. The number of halogens is 5. The lowest BCUT2D eigenvalue weighted by Gasteiger charge is -2.32. The van der Waals surface area contributed by atoms with Gasteiger partial charge in [-0.05, 0) is 135 Å². The average molecular weight is 1440 g/mol. The van der Waals surface area contributed by atoms with Crippen LogP contribution in [0.3, 0.4) is 0 Å². The second-order valence-electron chi connectivity index (χ2n) is 24.2. The second-order valence-corrected chi connectivity index (χ2v) is 26.8. The summed E-state index contributed by atoms with van der Waals surface area (Å²) in [6.45, 7) is 27.1. The molecule has 11 rings (SSSR count). The van der Waals surface area contributed by atoms with Gasteiger partial charge in [0.1, 0.15) is 56.6 Å². The predicted molar refractivity (Wildman–Crippen MR) is 347 cm³/mol. The molecule has 5 aliphatic rings. The van der Waals surface area contributed by atoms with Crippen LogP contribution in [0.15, 0.2) is 77.8 Å². The Hall–Kier alpha value is -6.42. The van der Waals surface area contributed by atoms with Crippen LogP contribution in [0.2, 0.25) is 0 Å². The molecule has 0 bridgehead atoms. The van der Waals surface area contributed by atoms with Crippen molar-refractivity contribution in [1.82, 2.24) is 29.9 Å². The zero-order valence-electron chi connectivity index (χ0n) is 53.2. The number of nitrogen functional groups attached to an aromatic ring is 3. The minimum atomic E-state index is -0.760. The fourth-order valence-corrected chi connectivity index (χ4v) is 9.33. The lowest BCUT2D eigenvalue weighted by atomic mass is 9.49. The normalized spacial score (nSPS) is 18.7. The largest absolute Gasteiger partial charge is 0.516 e. The van der Waals surface area contributed by atoms with Crippen molar-refractivity contribution < 1.29 is 79.2 Å². The van der Waals surface area contributed by atoms with E-state index in [1.54, 1.807) is 12.3 Å². The number of methoxy groups -OCH3 is 3. The number of aromatic nitrogens is 6. The topological polar surface area (TPSA) is 308 Å². The van der Waals surface area contributed by atoms with Crippen LogP contribution in [0.25, 0.3) is 33.8 Å². The van der Waals surface area contributed by atoms with Gasteiger partial charge in [0.15, 0.2) is 0 Å². The van der Waals surface area contributed by atoms with Gasteiger partial charge in [0, 0.05) is 28.8 Å². The van der Waals surface area contributed by atoms with Gasteiger partial charge in [-0.1, -0.05) is 40.8 Å². The number of benzene rings is 3. The molecule has 6 N–H and O–H groups in total. The molecule has 91 heavy (non-hydrogen) atoms. The maximum Gasteiger partial charge on any atom is 0.516 e. The van der Waals surface area contributed by atoms with Gasteiger partial charge in [0.2, 0.25) is 0 Å². The van der Waals surface area contributed by atoms with Gasteiger partial charge < -0.3 is 68.8 Å². The SMILES string of the molecule is CC1(C)OB(B2OC(C)(C)C(C)(C)O2)OC1(C)C.COC(=O)c1ccc(-c2nc(B3OC(C)(C)C(C)(C)O3)cnc2N)cc1F.COC(=O)c1ccc(-c2nc(Br)cnc2N)cc1F.COC(=O)c1ccc(-c2nc(C3COC3)cnc2N)cc1F.IC1COC1. The molecule has 3 aromatic heterocycles. The fraction of sp³-hybridized carbons (Fsp3) is 0.450. The Morgan fingerprint density at radius 2 is 0.824 bits per heavy atom. The number of hydrogen-bond acceptors (Lipinski definition) is 23. The number of rotatable bonds is 9. The van der Waals surface area contributed by atoms with Gasteiger partial charge >= 0.3 is 39.0 Å². The number of nitrogens with two attached hydrogens (primary N) is 3. The molecular formula is C60H73B3BrF3IN9O14. The molecule has 0 saturated carbocycles. The van der Waals surface area contributed by atoms with E-state index in [1.807, 2.05) is 83.1 Å². The molecular weight excluding hydrogens is 1370 g/mol. The third-order valence-corrected chi connectivity index (χ3v) is 17.4. The highest BCUT2D eigenvalue weighted by atomic mass is 127. The summed E-state index contributed by atoms with van der Waals surface area (Å²) in [5.41, 5.74) is 17.9. The Morgan fingerprint density at radius 3 is 1.14 bits per heavy atom. The molecule has 31 heteroatoms. The second kappa shape index (κ2) is 28.8. The van der Waals surface area contributed by atoms with E-state index in [4.69, 9.17) is 54.6 Å². The van der Waals surface area contributed by atoms with E-state index < -0.39 is 67.7 Å². The summed E-state index contributed by atoms with van der Waals surface area (Å²) in [4.78, 5) is 59.4. The first-order valence-electron chi connectivity index (χ1n) is 28.5. The molecule has 5 fully saturated rings. The average Bonchev–Trinajstić information content (AvgIpc) is 1.67. The molecule has 23 nitrogen and oxygen atoms in total. The van der Waals surface area contributed by atoms with Crippen LogP contribution in [0.1, 0.15) is 126 Å². The molecule has 0 atom stereocenters. The van der Waals surface area contributed by atoms with E-state index in [9.17, 15) is 27.6 Å². The number of anilines is 3. The first kappa shape index (κ1) is 72.0. The quantitative estimate of drug-likeness (QED) is 0.0399. The van der Waals surface area contributed by atoms with Crippen molar-refractivity contribution in [3.05, 3.63) is 118 Å². The van der Waals surface area contributed by atoms with Gasteiger partial charge in [-0.2, -0.15) is 0 Å². The molecule has 486 valence electrons. The molecule has 5 saturated heterocycles. The van der Waals surface area contributed by atoms with Crippen LogP contribution in [-0.2, 0) is 51.6 Å². The smallest absolute Gasteiger partial charge is 0.465 e. The Labute approximate surface area is 549 Å². The van der Waals surface area contributed by atoms with Crippen molar-refractivity contribution in [3.8, 4) is 33.8 Å². The molecule has 0 unspecified atom stereocenters. The van der Waals surface area contributed by atoms with Crippen LogP contribution in [0.4, 0.5) is 30.6 Å². The Bertz CT molecular complexity index is 3570. The zero-order chi connectivity index (χ0) is 67.3. The lowest BCUT2D eigenvalue weighted by molar-refractivity contribution is 0.00578. The number of alkyl halides is 1. The number of esters is 3. The van der Waals surface area contributed by atoms with Gasteiger partial charge in [0.05, 0.1) is 126 Å². The first-order chi connectivity index (χ1) is 42.4. The number of carbonyl (C=O) groups excluding carboxylic acids is 3. The van der Waals surface area contributed by atoms with Gasteiger partial charge in [-0.25, -0.2) is 52.5 Å². The molecule has 6 aromatic rings. The van der Waals surface area contributed by atoms with Crippen molar-refractivity contribution in [2.24, 2.45) is 0 Å². The van der Waals surface area contributed by atoms with E-state index in [2.05, 4.69) is 82.6 Å². The number of ether oxygens (including phenoxy) is 5. The van der Waals surface area contributed by atoms with Crippen molar-refractivity contribution in [2.75, 3.05) is 65.0 Å². The third-order valence-electron chi connectivity index (χ3n) is 16.3. The maximum absolute atomic E-state index is 14.3. The monoisotopic (exact) mass is 1440 g/mol. The van der Waals surface area contributed by atoms with Gasteiger partial charge in [0.25, 0.3) is 0 Å². The van der Waals surface area contributed by atoms with Crippen LogP contribution >= 0.6 is 38.5 Å². The number of hydrogen-bond donors (Lipinski definition) is 3. The first-order valence-corrected chi connectivity index (χ1v) is 30.5. The van der Waals surface area contributed by atoms with Gasteiger partial charge in [-0.15, -0.1) is 0 Å². The highest BCUT2D eigenvalue weighted by Crippen LogP contribution is 2.43. The highest BCUT2D eigenvalue weighted by Gasteiger charge is 2.64. The highest BCUT2D eigenvalue weighted by molar-refractivity contribution is 14.1.